The van der Waals surface area contributed by atoms with E-state index in [0.29, 0.717) is 0 Å². The van der Waals surface area contributed by atoms with Crippen LogP contribution >= 0.6 is 0 Å². The first-order chi connectivity index (χ1) is 14.7. The minimum absolute atomic E-state index is 0.0662. The zero-order chi connectivity index (χ0) is 21.0. The molecule has 30 heavy (non-hydrogen) atoms. The molecule has 0 radical (unpaired) electrons. The summed E-state index contributed by atoms with van der Waals surface area (Å²) in [6.07, 6.45) is -3.83. The molecule has 4 atom stereocenters. The quantitative estimate of drug-likeness (QED) is 0.590. The molecule has 2 N–H and O–H groups in total. The van der Waals surface area contributed by atoms with E-state index in [0.717, 1.165) is 16.7 Å². The van der Waals surface area contributed by atoms with E-state index < -0.39 is 30.2 Å². The minimum atomic E-state index is -1.12. The molecular formula is C25H26O5. The number of ether oxygens (including phenoxy) is 3. The Hall–Kier alpha value is -2.54. The van der Waals surface area contributed by atoms with E-state index in [1.54, 1.807) is 0 Å². The van der Waals surface area contributed by atoms with Crippen molar-refractivity contribution in [2.75, 3.05) is 13.7 Å². The predicted molar refractivity (Wildman–Crippen MR) is 113 cm³/mol. The molecule has 5 heteroatoms. The van der Waals surface area contributed by atoms with E-state index in [-0.39, 0.29) is 6.61 Å². The summed E-state index contributed by atoms with van der Waals surface area (Å²) in [7, 11) is 1.44. The van der Waals surface area contributed by atoms with Crippen LogP contribution in [0.4, 0.5) is 0 Å². The summed E-state index contributed by atoms with van der Waals surface area (Å²) < 4.78 is 17.4. The van der Waals surface area contributed by atoms with E-state index in [2.05, 4.69) is 0 Å². The number of rotatable bonds is 7. The summed E-state index contributed by atoms with van der Waals surface area (Å²) in [6, 6.07) is 29.9. The van der Waals surface area contributed by atoms with Gasteiger partial charge in [-0.3, -0.25) is 0 Å². The van der Waals surface area contributed by atoms with Crippen molar-refractivity contribution in [1.82, 2.24) is 0 Å². The molecule has 156 valence electrons. The van der Waals surface area contributed by atoms with Gasteiger partial charge in [0.1, 0.15) is 23.9 Å². The number of hydrogen-bond donors (Lipinski definition) is 2. The Labute approximate surface area is 176 Å². The second-order valence-electron chi connectivity index (χ2n) is 7.35. The van der Waals surface area contributed by atoms with Crippen LogP contribution in [0.25, 0.3) is 0 Å². The van der Waals surface area contributed by atoms with Gasteiger partial charge in [-0.15, -0.1) is 0 Å². The molecule has 0 aromatic heterocycles. The summed E-state index contributed by atoms with van der Waals surface area (Å²) in [5.41, 5.74) is 1.96. The van der Waals surface area contributed by atoms with E-state index in [1.807, 2.05) is 91.0 Å². The van der Waals surface area contributed by atoms with Gasteiger partial charge in [-0.25, -0.2) is 0 Å². The van der Waals surface area contributed by atoms with Crippen molar-refractivity contribution in [3.8, 4) is 0 Å². The van der Waals surface area contributed by atoms with Gasteiger partial charge in [0.25, 0.3) is 0 Å². The first-order valence-electron chi connectivity index (χ1n) is 10.0. The van der Waals surface area contributed by atoms with E-state index in [9.17, 15) is 10.2 Å². The fourth-order valence-corrected chi connectivity index (χ4v) is 4.02. The number of benzene rings is 3. The first kappa shape index (κ1) is 20.7. The van der Waals surface area contributed by atoms with Crippen molar-refractivity contribution < 1.29 is 24.4 Å². The van der Waals surface area contributed by atoms with Gasteiger partial charge < -0.3 is 24.4 Å². The molecule has 3 aromatic rings. The van der Waals surface area contributed by atoms with Crippen LogP contribution in [0.2, 0.25) is 0 Å². The lowest BCUT2D eigenvalue weighted by Gasteiger charge is -2.37. The average molecular weight is 406 g/mol. The summed E-state index contributed by atoms with van der Waals surface area (Å²) in [5.74, 6) is 0. The maximum absolute atomic E-state index is 10.4. The zero-order valence-electron chi connectivity index (χ0n) is 16.8. The molecule has 1 fully saturated rings. The molecule has 1 saturated heterocycles. The van der Waals surface area contributed by atoms with Gasteiger partial charge in [0, 0.05) is 7.11 Å². The van der Waals surface area contributed by atoms with Gasteiger partial charge in [-0.05, 0) is 16.7 Å². The summed E-state index contributed by atoms with van der Waals surface area (Å²) >= 11 is 0. The highest BCUT2D eigenvalue weighted by Crippen LogP contribution is 2.41. The standard InChI is InChI=1S/C25H26O5/c1-28-24-23(27)22(26)21(30-24)17-29-25(18-11-5-2-6-12-18,19-13-7-3-8-14-19)20-15-9-4-10-16-20/h2-16,21-24,26-27H,17H2,1H3/t21-,22+,23+,24-/m1/s1. The highest BCUT2D eigenvalue weighted by molar-refractivity contribution is 5.47. The third-order valence-corrected chi connectivity index (χ3v) is 5.56. The molecule has 5 nitrogen and oxygen atoms in total. The van der Waals surface area contributed by atoms with Gasteiger partial charge in [0.05, 0.1) is 6.61 Å². The van der Waals surface area contributed by atoms with Gasteiger partial charge in [0.2, 0.25) is 0 Å². The Balaban J connectivity index is 1.78. The summed E-state index contributed by atoms with van der Waals surface area (Å²) in [6.45, 7) is 0.0662. The SMILES string of the molecule is CO[C@@H]1O[C@H](COC(c2ccccc2)(c2ccccc2)c2ccccc2)[C@H](O)[C@@H]1O. The van der Waals surface area contributed by atoms with Crippen LogP contribution in [0.5, 0.6) is 0 Å². The monoisotopic (exact) mass is 406 g/mol. The molecule has 0 spiro atoms. The maximum atomic E-state index is 10.4. The Bertz CT molecular complexity index is 819. The van der Waals surface area contributed by atoms with Crippen molar-refractivity contribution >= 4 is 0 Å². The third-order valence-electron chi connectivity index (χ3n) is 5.56. The van der Waals surface area contributed by atoms with Crippen molar-refractivity contribution in [1.29, 1.82) is 0 Å². The van der Waals surface area contributed by atoms with Crippen LogP contribution < -0.4 is 0 Å². The average Bonchev–Trinajstić information content (AvgIpc) is 3.09. The van der Waals surface area contributed by atoms with E-state index in [1.165, 1.54) is 7.11 Å². The van der Waals surface area contributed by atoms with Crippen LogP contribution in [0, 0.1) is 0 Å². The lowest BCUT2D eigenvalue weighted by atomic mass is 9.80. The molecule has 0 aliphatic carbocycles. The highest BCUT2D eigenvalue weighted by Gasteiger charge is 2.45. The molecule has 3 aromatic carbocycles. The smallest absolute Gasteiger partial charge is 0.186 e. The van der Waals surface area contributed by atoms with Crippen LogP contribution in [-0.4, -0.2) is 48.5 Å². The summed E-state index contributed by atoms with van der Waals surface area (Å²) in [4.78, 5) is 0. The lowest BCUT2D eigenvalue weighted by Crippen LogP contribution is -2.39. The Morgan fingerprint density at radius 2 is 1.17 bits per heavy atom. The third kappa shape index (κ3) is 3.78. The summed E-state index contributed by atoms with van der Waals surface area (Å²) in [5, 5.41) is 20.6. The van der Waals surface area contributed by atoms with Crippen LogP contribution in [0.3, 0.4) is 0 Å². The van der Waals surface area contributed by atoms with Crippen molar-refractivity contribution in [3.05, 3.63) is 108 Å². The fraction of sp³-hybridized carbons (Fsp3) is 0.280. The normalized spacial score (nSPS) is 24.1. The minimum Gasteiger partial charge on any atom is -0.387 e. The van der Waals surface area contributed by atoms with E-state index >= 15 is 0 Å². The second-order valence-corrected chi connectivity index (χ2v) is 7.35. The molecule has 1 aliphatic heterocycles. The second kappa shape index (κ2) is 9.08. The molecule has 4 rings (SSSR count). The van der Waals surface area contributed by atoms with Gasteiger partial charge in [0.15, 0.2) is 6.29 Å². The zero-order valence-corrected chi connectivity index (χ0v) is 16.8. The first-order valence-corrected chi connectivity index (χ1v) is 10.0. The molecule has 1 aliphatic rings. The largest absolute Gasteiger partial charge is 0.387 e. The molecule has 0 bridgehead atoms. The van der Waals surface area contributed by atoms with Crippen molar-refractivity contribution in [2.24, 2.45) is 0 Å². The Kier molecular flexibility index (Phi) is 6.27. The predicted octanol–water partition coefficient (Wildman–Crippen LogP) is 3.09. The molecule has 1 heterocycles. The molecular weight excluding hydrogens is 380 g/mol. The van der Waals surface area contributed by atoms with Crippen LogP contribution in [0.15, 0.2) is 91.0 Å². The highest BCUT2D eigenvalue weighted by atomic mass is 16.7. The maximum Gasteiger partial charge on any atom is 0.186 e. The van der Waals surface area contributed by atoms with Crippen LogP contribution in [0.1, 0.15) is 16.7 Å². The lowest BCUT2D eigenvalue weighted by molar-refractivity contribution is -0.162. The molecule has 0 amide bonds. The fourth-order valence-electron chi connectivity index (χ4n) is 4.02. The van der Waals surface area contributed by atoms with Gasteiger partial charge >= 0.3 is 0 Å². The number of aliphatic hydroxyl groups is 2. The Morgan fingerprint density at radius 1 is 0.733 bits per heavy atom. The van der Waals surface area contributed by atoms with Gasteiger partial charge in [-0.1, -0.05) is 91.0 Å². The van der Waals surface area contributed by atoms with Crippen LogP contribution in [-0.2, 0) is 19.8 Å². The molecule has 0 saturated carbocycles. The van der Waals surface area contributed by atoms with E-state index in [4.69, 9.17) is 14.2 Å². The van der Waals surface area contributed by atoms with Gasteiger partial charge in [-0.2, -0.15) is 0 Å². The number of aliphatic hydroxyl groups excluding tert-OH is 2. The number of methoxy groups -OCH3 is 1. The topological polar surface area (TPSA) is 68.2 Å². The number of hydrogen-bond acceptors (Lipinski definition) is 5. The Morgan fingerprint density at radius 3 is 1.53 bits per heavy atom. The van der Waals surface area contributed by atoms with Crippen molar-refractivity contribution in [3.63, 3.8) is 0 Å². The van der Waals surface area contributed by atoms with Crippen molar-refractivity contribution in [2.45, 2.75) is 30.2 Å². The molecule has 0 unspecified atom stereocenters.